The number of methoxy groups -OCH3 is 1. The fraction of sp³-hybridized carbons (Fsp3) is 0.286. The normalized spacial score (nSPS) is 19.8. The summed E-state index contributed by atoms with van der Waals surface area (Å²) in [4.78, 5) is 4.25. The zero-order valence-corrected chi connectivity index (χ0v) is 15.5. The molecule has 8 heteroatoms. The van der Waals surface area contributed by atoms with Gasteiger partial charge in [-0.05, 0) is 30.3 Å². The SMILES string of the molecule is COc1cccc(C(CC2(C(F)(F)F)CO2)Nc2cccc3ncccc23)c1F. The third kappa shape index (κ3) is 3.60. The molecule has 0 aliphatic carbocycles. The molecule has 1 saturated heterocycles. The van der Waals surface area contributed by atoms with Crippen molar-refractivity contribution in [1.82, 2.24) is 4.98 Å². The number of rotatable bonds is 6. The highest BCUT2D eigenvalue weighted by atomic mass is 19.4. The van der Waals surface area contributed by atoms with Crippen LogP contribution in [0.1, 0.15) is 18.0 Å². The van der Waals surface area contributed by atoms with Crippen LogP contribution in [0, 0.1) is 5.82 Å². The monoisotopic (exact) mass is 406 g/mol. The average Bonchev–Trinajstić information content (AvgIpc) is 3.49. The maximum atomic E-state index is 14.9. The van der Waals surface area contributed by atoms with Gasteiger partial charge in [0.15, 0.2) is 17.2 Å². The number of epoxide rings is 1. The first kappa shape index (κ1) is 19.4. The van der Waals surface area contributed by atoms with Crippen molar-refractivity contribution in [2.75, 3.05) is 19.0 Å². The second-order valence-corrected chi connectivity index (χ2v) is 6.92. The number of fused-ring (bicyclic) bond motifs is 1. The summed E-state index contributed by atoms with van der Waals surface area (Å²) in [6.07, 6.45) is -3.40. The maximum Gasteiger partial charge on any atom is 0.419 e. The summed E-state index contributed by atoms with van der Waals surface area (Å²) < 4.78 is 65.3. The number of anilines is 1. The van der Waals surface area contributed by atoms with Crippen LogP contribution in [0.5, 0.6) is 5.75 Å². The van der Waals surface area contributed by atoms with Gasteiger partial charge in [-0.1, -0.05) is 18.2 Å². The largest absolute Gasteiger partial charge is 0.494 e. The van der Waals surface area contributed by atoms with E-state index in [1.165, 1.54) is 19.2 Å². The fourth-order valence-corrected chi connectivity index (χ4v) is 3.42. The van der Waals surface area contributed by atoms with Crippen LogP contribution >= 0.6 is 0 Å². The molecule has 1 aliphatic rings. The first-order valence-electron chi connectivity index (χ1n) is 8.98. The molecule has 152 valence electrons. The molecular formula is C21H18F4N2O2. The summed E-state index contributed by atoms with van der Waals surface area (Å²) in [5.74, 6) is -0.740. The van der Waals surface area contributed by atoms with E-state index in [-0.39, 0.29) is 11.3 Å². The summed E-state index contributed by atoms with van der Waals surface area (Å²) in [6.45, 7) is -0.447. The van der Waals surface area contributed by atoms with E-state index >= 15 is 0 Å². The summed E-state index contributed by atoms with van der Waals surface area (Å²) in [5, 5.41) is 3.81. The van der Waals surface area contributed by atoms with Crippen molar-refractivity contribution in [3.63, 3.8) is 0 Å². The lowest BCUT2D eigenvalue weighted by Crippen LogP contribution is -2.36. The van der Waals surface area contributed by atoms with Gasteiger partial charge in [0.05, 0.1) is 25.3 Å². The van der Waals surface area contributed by atoms with Crippen molar-refractivity contribution in [1.29, 1.82) is 0 Å². The van der Waals surface area contributed by atoms with Crippen LogP contribution in [-0.4, -0.2) is 30.5 Å². The molecule has 29 heavy (non-hydrogen) atoms. The van der Waals surface area contributed by atoms with Gasteiger partial charge in [-0.2, -0.15) is 13.2 Å². The van der Waals surface area contributed by atoms with Gasteiger partial charge in [0, 0.05) is 29.3 Å². The van der Waals surface area contributed by atoms with Gasteiger partial charge in [-0.15, -0.1) is 0 Å². The molecular weight excluding hydrogens is 388 g/mol. The molecule has 0 spiro atoms. The molecule has 1 aliphatic heterocycles. The van der Waals surface area contributed by atoms with Crippen molar-refractivity contribution in [2.45, 2.75) is 24.2 Å². The number of benzene rings is 2. The van der Waals surface area contributed by atoms with E-state index in [0.29, 0.717) is 11.2 Å². The van der Waals surface area contributed by atoms with Gasteiger partial charge < -0.3 is 14.8 Å². The molecule has 3 aromatic rings. The molecule has 0 bridgehead atoms. The van der Waals surface area contributed by atoms with E-state index in [4.69, 9.17) is 9.47 Å². The van der Waals surface area contributed by atoms with E-state index in [2.05, 4.69) is 10.3 Å². The van der Waals surface area contributed by atoms with E-state index in [0.717, 1.165) is 5.39 Å². The van der Waals surface area contributed by atoms with Crippen LogP contribution in [0.15, 0.2) is 54.7 Å². The Kier molecular flexibility index (Phi) is 4.82. The molecule has 1 aromatic heterocycles. The van der Waals surface area contributed by atoms with Crippen LogP contribution in [0.2, 0.25) is 0 Å². The summed E-state index contributed by atoms with van der Waals surface area (Å²) in [5.41, 5.74) is -0.982. The Morgan fingerprint density at radius 1 is 1.17 bits per heavy atom. The van der Waals surface area contributed by atoms with E-state index < -0.39 is 36.7 Å². The minimum atomic E-state index is -4.55. The number of nitrogens with one attached hydrogen (secondary N) is 1. The van der Waals surface area contributed by atoms with Gasteiger partial charge in [0.25, 0.3) is 0 Å². The average molecular weight is 406 g/mol. The summed E-state index contributed by atoms with van der Waals surface area (Å²) >= 11 is 0. The number of aromatic nitrogens is 1. The Bertz CT molecular complexity index is 1030. The van der Waals surface area contributed by atoms with E-state index in [1.807, 2.05) is 0 Å². The fourth-order valence-electron chi connectivity index (χ4n) is 3.42. The number of hydrogen-bond donors (Lipinski definition) is 1. The Morgan fingerprint density at radius 2 is 1.93 bits per heavy atom. The lowest BCUT2D eigenvalue weighted by Gasteiger charge is -2.26. The topological polar surface area (TPSA) is 46.7 Å². The predicted molar refractivity (Wildman–Crippen MR) is 100 cm³/mol. The third-order valence-corrected chi connectivity index (χ3v) is 5.11. The highest BCUT2D eigenvalue weighted by Crippen LogP contribution is 2.50. The second-order valence-electron chi connectivity index (χ2n) is 6.92. The molecule has 4 nitrogen and oxygen atoms in total. The standard InChI is InChI=1S/C21H18F4N2O2/c1-28-18-9-2-5-14(19(18)22)17(11-20(12-29-20)21(23,24)25)27-16-8-3-7-15-13(16)6-4-10-26-15/h2-10,17,27H,11-12H2,1H3. The number of halogens is 4. The van der Waals surface area contributed by atoms with Crippen molar-refractivity contribution in [3.8, 4) is 5.75 Å². The quantitative estimate of drug-likeness (QED) is 0.448. The Morgan fingerprint density at radius 3 is 2.62 bits per heavy atom. The lowest BCUT2D eigenvalue weighted by atomic mass is 9.93. The molecule has 2 heterocycles. The molecule has 2 unspecified atom stereocenters. The number of ether oxygens (including phenoxy) is 2. The van der Waals surface area contributed by atoms with Gasteiger partial charge >= 0.3 is 6.18 Å². The highest BCUT2D eigenvalue weighted by Gasteiger charge is 2.66. The minimum absolute atomic E-state index is 0.0355. The number of hydrogen-bond acceptors (Lipinski definition) is 4. The first-order valence-corrected chi connectivity index (χ1v) is 8.98. The smallest absolute Gasteiger partial charge is 0.419 e. The zero-order chi connectivity index (χ0) is 20.6. The van der Waals surface area contributed by atoms with Crippen LogP contribution < -0.4 is 10.1 Å². The molecule has 4 rings (SSSR count). The van der Waals surface area contributed by atoms with Crippen molar-refractivity contribution in [3.05, 3.63) is 66.1 Å². The molecule has 1 N–H and O–H groups in total. The Hall–Kier alpha value is -2.87. The summed E-state index contributed by atoms with van der Waals surface area (Å²) in [6, 6.07) is 12.2. The van der Waals surface area contributed by atoms with Crippen LogP contribution in [0.25, 0.3) is 10.9 Å². The van der Waals surface area contributed by atoms with Crippen molar-refractivity contribution in [2.24, 2.45) is 0 Å². The van der Waals surface area contributed by atoms with E-state index in [1.54, 1.807) is 42.6 Å². The molecule has 2 aromatic carbocycles. The van der Waals surface area contributed by atoms with Gasteiger partial charge in [-0.25, -0.2) is 4.39 Å². The van der Waals surface area contributed by atoms with Gasteiger partial charge in [0.1, 0.15) is 0 Å². The minimum Gasteiger partial charge on any atom is -0.494 e. The molecule has 2 atom stereocenters. The van der Waals surface area contributed by atoms with Crippen molar-refractivity contribution >= 4 is 16.6 Å². The highest BCUT2D eigenvalue weighted by molar-refractivity contribution is 5.91. The molecule has 0 radical (unpaired) electrons. The maximum absolute atomic E-state index is 14.9. The number of nitrogens with zero attached hydrogens (tertiary/aromatic N) is 1. The van der Waals surface area contributed by atoms with Gasteiger partial charge in [-0.3, -0.25) is 4.98 Å². The molecule has 0 amide bonds. The van der Waals surface area contributed by atoms with Crippen LogP contribution in [0.3, 0.4) is 0 Å². The summed E-state index contributed by atoms with van der Waals surface area (Å²) in [7, 11) is 1.31. The Balaban J connectivity index is 1.77. The van der Waals surface area contributed by atoms with Crippen molar-refractivity contribution < 1.29 is 27.0 Å². The Labute approximate surface area is 164 Å². The number of pyridine rings is 1. The molecule has 0 saturated carbocycles. The predicted octanol–water partition coefficient (Wildman–Crippen LogP) is 5.26. The second kappa shape index (κ2) is 7.18. The van der Waals surface area contributed by atoms with Gasteiger partial charge in [0.2, 0.25) is 0 Å². The first-order chi connectivity index (χ1) is 13.8. The lowest BCUT2D eigenvalue weighted by molar-refractivity contribution is -0.186. The van der Waals surface area contributed by atoms with E-state index in [9.17, 15) is 17.6 Å². The molecule has 1 fully saturated rings. The number of alkyl halides is 3. The zero-order valence-electron chi connectivity index (χ0n) is 15.5. The van der Waals surface area contributed by atoms with Crippen LogP contribution in [0.4, 0.5) is 23.2 Å². The third-order valence-electron chi connectivity index (χ3n) is 5.11. The van der Waals surface area contributed by atoms with Crippen LogP contribution in [-0.2, 0) is 4.74 Å².